The third kappa shape index (κ3) is 6.97. The fourth-order valence-electron chi connectivity index (χ4n) is 2.22. The predicted octanol–water partition coefficient (Wildman–Crippen LogP) is 3.47. The molecule has 29 heavy (non-hydrogen) atoms. The van der Waals surface area contributed by atoms with Crippen LogP contribution in [0.1, 0.15) is 11.8 Å². The van der Waals surface area contributed by atoms with Crippen LogP contribution in [0.5, 0.6) is 0 Å². The molecule has 0 aliphatic heterocycles. The van der Waals surface area contributed by atoms with E-state index in [0.29, 0.717) is 27.3 Å². The molecule has 0 aliphatic carbocycles. The van der Waals surface area contributed by atoms with Gasteiger partial charge in [0.1, 0.15) is 0 Å². The fourth-order valence-corrected chi connectivity index (χ4v) is 4.49. The first-order valence-corrected chi connectivity index (χ1v) is 11.1. The lowest BCUT2D eigenvalue weighted by atomic mass is 10.3. The Bertz CT molecular complexity index is 987. The zero-order chi connectivity index (χ0) is 20.6. The minimum atomic E-state index is -0.194. The molecule has 8 nitrogen and oxygen atoms in total. The Kier molecular flexibility index (Phi) is 7.33. The zero-order valence-electron chi connectivity index (χ0n) is 15.3. The number of hydrogen-bond donors (Lipinski definition) is 3. The summed E-state index contributed by atoms with van der Waals surface area (Å²) in [5, 5.41) is 18.4. The van der Waals surface area contributed by atoms with E-state index in [0.717, 1.165) is 4.88 Å². The molecule has 3 aromatic rings. The Hall–Kier alpha value is -2.76. The maximum absolute atomic E-state index is 12.1. The summed E-state index contributed by atoms with van der Waals surface area (Å²) in [6.07, 6.45) is 0.294. The van der Waals surface area contributed by atoms with Crippen LogP contribution in [0.25, 0.3) is 0 Å². The van der Waals surface area contributed by atoms with Gasteiger partial charge in [0.25, 0.3) is 0 Å². The van der Waals surface area contributed by atoms with Crippen molar-refractivity contribution in [3.8, 4) is 0 Å². The number of amides is 3. The molecular weight excluding hydrogens is 430 g/mol. The van der Waals surface area contributed by atoms with E-state index in [1.807, 2.05) is 17.5 Å². The Morgan fingerprint density at radius 3 is 2.34 bits per heavy atom. The quantitative estimate of drug-likeness (QED) is 0.360. The highest BCUT2D eigenvalue weighted by molar-refractivity contribution is 8.01. The second-order valence-corrected chi connectivity index (χ2v) is 9.01. The van der Waals surface area contributed by atoms with Crippen molar-refractivity contribution in [1.82, 2.24) is 10.2 Å². The summed E-state index contributed by atoms with van der Waals surface area (Å²) in [6, 6.07) is 10.6. The number of rotatable bonds is 8. The third-order valence-electron chi connectivity index (χ3n) is 3.38. The first-order valence-electron chi connectivity index (χ1n) is 8.44. The predicted molar refractivity (Wildman–Crippen MR) is 117 cm³/mol. The monoisotopic (exact) mass is 447 g/mol. The summed E-state index contributed by atoms with van der Waals surface area (Å²) < 4.78 is 0.590. The molecule has 3 amide bonds. The second kappa shape index (κ2) is 10.1. The molecule has 0 radical (unpaired) electrons. The van der Waals surface area contributed by atoms with E-state index in [2.05, 4.69) is 26.1 Å². The van der Waals surface area contributed by atoms with Crippen molar-refractivity contribution in [2.45, 2.75) is 17.7 Å². The van der Waals surface area contributed by atoms with Crippen molar-refractivity contribution in [3.05, 3.63) is 46.7 Å². The van der Waals surface area contributed by atoms with Gasteiger partial charge in [0.2, 0.25) is 22.9 Å². The van der Waals surface area contributed by atoms with E-state index >= 15 is 0 Å². The topological polar surface area (TPSA) is 113 Å². The summed E-state index contributed by atoms with van der Waals surface area (Å²) in [7, 11) is 0. The van der Waals surface area contributed by atoms with Crippen molar-refractivity contribution in [2.75, 3.05) is 21.7 Å². The highest BCUT2D eigenvalue weighted by Gasteiger charge is 2.11. The molecular formula is C18H17N5O3S3. The number of anilines is 3. The van der Waals surface area contributed by atoms with Crippen LogP contribution in [0.2, 0.25) is 0 Å². The molecule has 3 N–H and O–H groups in total. The van der Waals surface area contributed by atoms with Crippen LogP contribution in [0.15, 0.2) is 46.1 Å². The minimum absolute atomic E-state index is 0.152. The van der Waals surface area contributed by atoms with Crippen LogP contribution in [-0.4, -0.2) is 33.7 Å². The van der Waals surface area contributed by atoms with Gasteiger partial charge in [0.05, 0.1) is 12.2 Å². The molecule has 0 atom stereocenters. The first-order chi connectivity index (χ1) is 14.0. The van der Waals surface area contributed by atoms with Crippen molar-refractivity contribution in [1.29, 1.82) is 0 Å². The summed E-state index contributed by atoms with van der Waals surface area (Å²) in [4.78, 5) is 36.1. The van der Waals surface area contributed by atoms with E-state index in [-0.39, 0.29) is 23.5 Å². The van der Waals surface area contributed by atoms with Gasteiger partial charge in [0.15, 0.2) is 4.34 Å². The number of nitrogens with one attached hydrogen (secondary N) is 3. The van der Waals surface area contributed by atoms with Crippen molar-refractivity contribution < 1.29 is 14.4 Å². The Balaban J connectivity index is 1.43. The SMILES string of the molecule is CC(=O)Nc1ccc(NC(=O)CSc2nnc(NC(=O)Cc3cccs3)s2)cc1. The molecule has 1 aromatic carbocycles. The number of thioether (sulfide) groups is 1. The van der Waals surface area contributed by atoms with Crippen molar-refractivity contribution in [3.63, 3.8) is 0 Å². The number of benzene rings is 1. The molecule has 2 heterocycles. The largest absolute Gasteiger partial charge is 0.326 e. The number of nitrogens with zero attached hydrogens (tertiary/aromatic N) is 2. The van der Waals surface area contributed by atoms with Crippen LogP contribution in [0, 0.1) is 0 Å². The fraction of sp³-hybridized carbons (Fsp3) is 0.167. The smallest absolute Gasteiger partial charge is 0.234 e. The van der Waals surface area contributed by atoms with Crippen LogP contribution in [0.4, 0.5) is 16.5 Å². The number of thiophene rings is 1. The Labute approximate surface area is 179 Å². The van der Waals surface area contributed by atoms with Crippen LogP contribution >= 0.6 is 34.4 Å². The van der Waals surface area contributed by atoms with Crippen LogP contribution in [-0.2, 0) is 20.8 Å². The molecule has 11 heteroatoms. The van der Waals surface area contributed by atoms with Gasteiger partial charge in [-0.05, 0) is 35.7 Å². The van der Waals surface area contributed by atoms with E-state index in [1.165, 1.54) is 41.4 Å². The molecule has 0 bridgehead atoms. The van der Waals surface area contributed by atoms with Gasteiger partial charge in [-0.15, -0.1) is 21.5 Å². The van der Waals surface area contributed by atoms with E-state index in [9.17, 15) is 14.4 Å². The average molecular weight is 448 g/mol. The van der Waals surface area contributed by atoms with Crippen molar-refractivity contribution >= 4 is 68.7 Å². The molecule has 0 saturated carbocycles. The second-order valence-electron chi connectivity index (χ2n) is 5.77. The van der Waals surface area contributed by atoms with Gasteiger partial charge in [-0.1, -0.05) is 29.2 Å². The third-order valence-corrected chi connectivity index (χ3v) is 6.23. The average Bonchev–Trinajstić information content (AvgIpc) is 3.33. The lowest BCUT2D eigenvalue weighted by Gasteiger charge is -2.06. The highest BCUT2D eigenvalue weighted by atomic mass is 32.2. The Morgan fingerprint density at radius 2 is 1.69 bits per heavy atom. The van der Waals surface area contributed by atoms with Gasteiger partial charge in [-0.25, -0.2) is 0 Å². The maximum Gasteiger partial charge on any atom is 0.234 e. The molecule has 3 rings (SSSR count). The number of carbonyl (C=O) groups is 3. The van der Waals surface area contributed by atoms with E-state index < -0.39 is 0 Å². The highest BCUT2D eigenvalue weighted by Crippen LogP contribution is 2.26. The molecule has 0 aliphatic rings. The van der Waals surface area contributed by atoms with Gasteiger partial charge < -0.3 is 16.0 Å². The van der Waals surface area contributed by atoms with Crippen LogP contribution in [0.3, 0.4) is 0 Å². The summed E-state index contributed by atoms with van der Waals surface area (Å²) in [5.41, 5.74) is 1.29. The van der Waals surface area contributed by atoms with Gasteiger partial charge in [-0.2, -0.15) is 0 Å². The number of carbonyl (C=O) groups excluding carboxylic acids is 3. The molecule has 2 aromatic heterocycles. The molecule has 0 saturated heterocycles. The lowest BCUT2D eigenvalue weighted by Crippen LogP contribution is -2.14. The maximum atomic E-state index is 12.1. The molecule has 0 unspecified atom stereocenters. The number of aromatic nitrogens is 2. The van der Waals surface area contributed by atoms with Crippen molar-refractivity contribution in [2.24, 2.45) is 0 Å². The zero-order valence-corrected chi connectivity index (χ0v) is 17.7. The van der Waals surface area contributed by atoms with E-state index in [4.69, 9.17) is 0 Å². The standard InChI is InChI=1S/C18H17N5O3S3/c1-11(24)19-12-4-6-13(7-5-12)20-16(26)10-28-18-23-22-17(29-18)21-15(25)9-14-3-2-8-27-14/h2-8H,9-10H2,1H3,(H,19,24)(H,20,26)(H,21,22,25). The summed E-state index contributed by atoms with van der Waals surface area (Å²) in [5.74, 6) is -0.343. The van der Waals surface area contributed by atoms with Gasteiger partial charge in [0, 0.05) is 23.2 Å². The van der Waals surface area contributed by atoms with Gasteiger partial charge >= 0.3 is 0 Å². The minimum Gasteiger partial charge on any atom is -0.326 e. The first kappa shape index (κ1) is 21.0. The van der Waals surface area contributed by atoms with Gasteiger partial charge in [-0.3, -0.25) is 14.4 Å². The normalized spacial score (nSPS) is 10.4. The molecule has 0 fully saturated rings. The Morgan fingerprint density at radius 1 is 0.966 bits per heavy atom. The molecule has 0 spiro atoms. The summed E-state index contributed by atoms with van der Waals surface area (Å²) in [6.45, 7) is 1.43. The summed E-state index contributed by atoms with van der Waals surface area (Å²) >= 11 is 3.98. The van der Waals surface area contributed by atoms with E-state index in [1.54, 1.807) is 24.3 Å². The van der Waals surface area contributed by atoms with Crippen LogP contribution < -0.4 is 16.0 Å². The lowest BCUT2D eigenvalue weighted by molar-refractivity contribution is -0.116. The number of hydrogen-bond acceptors (Lipinski definition) is 8. The molecule has 150 valence electrons.